The minimum absolute atomic E-state index is 0.0113. The van der Waals surface area contributed by atoms with E-state index in [9.17, 15) is 14.7 Å². The Labute approximate surface area is 236 Å². The molecule has 3 rings (SSSR count). The van der Waals surface area contributed by atoms with Crippen molar-refractivity contribution >= 4 is 28.5 Å². The van der Waals surface area contributed by atoms with Gasteiger partial charge in [-0.1, -0.05) is 6.07 Å². The number of carbonyl (C=O) groups is 2. The number of hydrogen-bond acceptors (Lipinski definition) is 10. The Morgan fingerprint density at radius 1 is 1.05 bits per heavy atom. The van der Waals surface area contributed by atoms with Gasteiger partial charge in [-0.25, -0.2) is 4.39 Å². The Hall–Kier alpha value is -4.71. The van der Waals surface area contributed by atoms with E-state index >= 15 is 4.39 Å². The Kier molecular flexibility index (Phi) is 10.2. The van der Waals surface area contributed by atoms with E-state index < -0.39 is 35.6 Å². The maximum absolute atomic E-state index is 15.1. The number of carbonyl (C=O) groups excluding carboxylic acids is 2. The maximum Gasteiger partial charge on any atom is 0.322 e. The molecule has 0 saturated heterocycles. The van der Waals surface area contributed by atoms with Crippen molar-refractivity contribution in [3.8, 4) is 23.0 Å². The third-order valence-electron chi connectivity index (χ3n) is 5.97. The fraction of sp³-hybridized carbons (Fsp3) is 0.310. The van der Waals surface area contributed by atoms with Crippen LogP contribution in [0, 0.1) is 5.82 Å². The van der Waals surface area contributed by atoms with Gasteiger partial charge in [0.15, 0.2) is 23.1 Å². The number of nitrogens with two attached hydrogens (primary N) is 2. The monoisotopic (exact) mass is 568 g/mol. The number of nitrogens with zero attached hydrogens (tertiary/aromatic N) is 2. The summed E-state index contributed by atoms with van der Waals surface area (Å²) >= 11 is 0. The predicted molar refractivity (Wildman–Crippen MR) is 151 cm³/mol. The highest BCUT2D eigenvalue weighted by Gasteiger charge is 2.19. The molecule has 1 heterocycles. The number of allylic oxidation sites excluding steroid dienone is 1. The number of aliphatic hydroxyl groups excluding tert-OH is 1. The van der Waals surface area contributed by atoms with E-state index in [2.05, 4.69) is 9.98 Å². The lowest BCUT2D eigenvalue weighted by Gasteiger charge is -2.14. The Balaban J connectivity index is 1.81. The number of amides is 1. The maximum atomic E-state index is 15.1. The molecule has 5 N–H and O–H groups in total. The van der Waals surface area contributed by atoms with Crippen molar-refractivity contribution in [2.45, 2.75) is 39.3 Å². The van der Waals surface area contributed by atoms with Crippen LogP contribution in [0.5, 0.6) is 23.0 Å². The SMILES string of the molecule is COc1cc2nccc(Oc3ccc(CC(O)=C(C(N)=O)C(C)=NC[C@@H](C)OC(=O)[C@H](C)N)cc3F)c2cc1OC. The highest BCUT2D eigenvalue weighted by Crippen LogP contribution is 2.37. The van der Waals surface area contributed by atoms with Gasteiger partial charge in [0.05, 0.1) is 31.9 Å². The first-order chi connectivity index (χ1) is 19.4. The van der Waals surface area contributed by atoms with E-state index in [1.807, 2.05) is 0 Å². The van der Waals surface area contributed by atoms with Gasteiger partial charge in [-0.2, -0.15) is 0 Å². The number of benzene rings is 2. The molecule has 0 fully saturated rings. The zero-order chi connectivity index (χ0) is 30.3. The molecule has 0 aliphatic rings. The van der Waals surface area contributed by atoms with Gasteiger partial charge in [0.2, 0.25) is 0 Å². The van der Waals surface area contributed by atoms with Crippen LogP contribution in [0.1, 0.15) is 26.3 Å². The number of ether oxygens (including phenoxy) is 4. The van der Waals surface area contributed by atoms with Crippen molar-refractivity contribution in [1.29, 1.82) is 0 Å². The van der Waals surface area contributed by atoms with Gasteiger partial charge in [0.1, 0.15) is 23.7 Å². The number of fused-ring (bicyclic) bond motifs is 1. The summed E-state index contributed by atoms with van der Waals surface area (Å²) in [6.45, 7) is 4.60. The number of primary amides is 1. The van der Waals surface area contributed by atoms with Crippen LogP contribution in [0.4, 0.5) is 4.39 Å². The number of aromatic nitrogens is 1. The van der Waals surface area contributed by atoms with Crippen LogP contribution in [-0.2, 0) is 20.7 Å². The van der Waals surface area contributed by atoms with Crippen molar-refractivity contribution in [3.63, 3.8) is 0 Å². The molecule has 3 aromatic rings. The van der Waals surface area contributed by atoms with E-state index in [1.165, 1.54) is 46.4 Å². The van der Waals surface area contributed by atoms with Crippen molar-refractivity contribution in [1.82, 2.24) is 4.98 Å². The van der Waals surface area contributed by atoms with E-state index in [-0.39, 0.29) is 30.0 Å². The van der Waals surface area contributed by atoms with Gasteiger partial charge in [-0.3, -0.25) is 19.6 Å². The van der Waals surface area contributed by atoms with Gasteiger partial charge in [-0.15, -0.1) is 0 Å². The van der Waals surface area contributed by atoms with E-state index in [1.54, 1.807) is 31.2 Å². The summed E-state index contributed by atoms with van der Waals surface area (Å²) in [6, 6.07) is 8.30. The molecule has 11 nitrogen and oxygen atoms in total. The molecule has 0 unspecified atom stereocenters. The topological polar surface area (TPSA) is 169 Å². The van der Waals surface area contributed by atoms with Gasteiger partial charge in [0.25, 0.3) is 5.91 Å². The van der Waals surface area contributed by atoms with Crippen molar-refractivity contribution in [2.24, 2.45) is 16.5 Å². The van der Waals surface area contributed by atoms with Crippen LogP contribution in [-0.4, -0.2) is 60.6 Å². The van der Waals surface area contributed by atoms with Crippen LogP contribution >= 0.6 is 0 Å². The first kappa shape index (κ1) is 30.8. The Morgan fingerprint density at radius 2 is 1.73 bits per heavy atom. The first-order valence-corrected chi connectivity index (χ1v) is 12.6. The zero-order valence-corrected chi connectivity index (χ0v) is 23.4. The number of aliphatic hydroxyl groups is 1. The molecule has 0 radical (unpaired) electrons. The highest BCUT2D eigenvalue weighted by molar-refractivity contribution is 6.20. The fourth-order valence-corrected chi connectivity index (χ4v) is 3.89. The highest BCUT2D eigenvalue weighted by atomic mass is 19.1. The number of methoxy groups -OCH3 is 2. The van der Waals surface area contributed by atoms with E-state index in [0.29, 0.717) is 33.7 Å². The Bertz CT molecular complexity index is 1500. The molecular weight excluding hydrogens is 535 g/mol. The smallest absolute Gasteiger partial charge is 0.322 e. The number of pyridine rings is 1. The molecule has 0 aliphatic carbocycles. The summed E-state index contributed by atoms with van der Waals surface area (Å²) in [5.74, 6) is -1.38. The number of aliphatic imine (C=N–C) groups is 1. The second kappa shape index (κ2) is 13.6. The molecule has 2 atom stereocenters. The molecule has 218 valence electrons. The third kappa shape index (κ3) is 7.70. The number of halogens is 1. The number of hydrogen-bond donors (Lipinski definition) is 3. The quantitative estimate of drug-likeness (QED) is 0.127. The molecule has 41 heavy (non-hydrogen) atoms. The number of esters is 1. The van der Waals surface area contributed by atoms with Crippen LogP contribution in [0.2, 0.25) is 0 Å². The standard InChI is InChI=1S/C29H33FN4O7/c1-15(40-29(37)16(2)31)14-34-17(3)27(28(32)36)22(35)11-18-6-7-24(20(30)10-18)41-23-8-9-33-21-13-26(39-5)25(38-4)12-19(21)23/h6-10,12-13,15-16,35H,11,14,31H2,1-5H3,(H2,32,36)/t15-,16+/m1/s1. The normalized spacial score (nSPS) is 13.7. The second-order valence-corrected chi connectivity index (χ2v) is 9.23. The zero-order valence-electron chi connectivity index (χ0n) is 23.4. The van der Waals surface area contributed by atoms with Crippen molar-refractivity contribution in [3.05, 3.63) is 65.3 Å². The van der Waals surface area contributed by atoms with Crippen LogP contribution in [0.15, 0.2) is 58.9 Å². The largest absolute Gasteiger partial charge is 0.511 e. The lowest BCUT2D eigenvalue weighted by molar-refractivity contribution is -0.148. The average molecular weight is 569 g/mol. The summed E-state index contributed by atoms with van der Waals surface area (Å²) < 4.78 is 36.7. The Morgan fingerprint density at radius 3 is 2.34 bits per heavy atom. The molecule has 2 aromatic carbocycles. The van der Waals surface area contributed by atoms with Crippen LogP contribution in [0.3, 0.4) is 0 Å². The minimum Gasteiger partial charge on any atom is -0.511 e. The first-order valence-electron chi connectivity index (χ1n) is 12.6. The van der Waals surface area contributed by atoms with Crippen LogP contribution < -0.4 is 25.7 Å². The van der Waals surface area contributed by atoms with Gasteiger partial charge in [-0.05, 0) is 50.6 Å². The minimum atomic E-state index is -0.916. The van der Waals surface area contributed by atoms with Gasteiger partial charge < -0.3 is 35.5 Å². The second-order valence-electron chi connectivity index (χ2n) is 9.23. The van der Waals surface area contributed by atoms with Crippen molar-refractivity contribution in [2.75, 3.05) is 20.8 Å². The molecule has 1 aromatic heterocycles. The van der Waals surface area contributed by atoms with Gasteiger partial charge in [0, 0.05) is 29.8 Å². The summed E-state index contributed by atoms with van der Waals surface area (Å²) in [6.07, 6.45) is 0.700. The van der Waals surface area contributed by atoms with Gasteiger partial charge >= 0.3 is 5.97 Å². The lowest BCUT2D eigenvalue weighted by atomic mass is 10.0. The summed E-state index contributed by atoms with van der Waals surface area (Å²) in [5.41, 5.74) is 11.8. The third-order valence-corrected chi connectivity index (χ3v) is 5.97. The van der Waals surface area contributed by atoms with Crippen LogP contribution in [0.25, 0.3) is 10.9 Å². The molecule has 12 heteroatoms. The lowest BCUT2D eigenvalue weighted by Crippen LogP contribution is -2.32. The van der Waals surface area contributed by atoms with E-state index in [0.717, 1.165) is 0 Å². The number of rotatable bonds is 12. The molecule has 1 amide bonds. The van der Waals surface area contributed by atoms with E-state index in [4.69, 9.17) is 30.4 Å². The molecule has 0 aliphatic heterocycles. The molecule has 0 saturated carbocycles. The van der Waals surface area contributed by atoms with Crippen molar-refractivity contribution < 1.29 is 38.0 Å². The summed E-state index contributed by atoms with van der Waals surface area (Å²) in [7, 11) is 3.01. The average Bonchev–Trinajstić information content (AvgIpc) is 2.92. The summed E-state index contributed by atoms with van der Waals surface area (Å²) in [4.78, 5) is 32.3. The predicted octanol–water partition coefficient (Wildman–Crippen LogP) is 3.76. The molecule has 0 bridgehead atoms. The fourth-order valence-electron chi connectivity index (χ4n) is 3.89. The molecular formula is C29H33FN4O7. The molecule has 0 spiro atoms. The summed E-state index contributed by atoms with van der Waals surface area (Å²) in [5, 5.41) is 11.3.